The van der Waals surface area contributed by atoms with Gasteiger partial charge in [-0.25, -0.2) is 14.4 Å². The van der Waals surface area contributed by atoms with Crippen molar-refractivity contribution in [1.29, 1.82) is 0 Å². The first-order chi connectivity index (χ1) is 8.45. The quantitative estimate of drug-likeness (QED) is 0.311. The van der Waals surface area contributed by atoms with E-state index < -0.39 is 11.9 Å². The molecule has 0 aliphatic heterocycles. The van der Waals surface area contributed by atoms with Gasteiger partial charge in [-0.3, -0.25) is 4.89 Å². The maximum absolute atomic E-state index is 10.6. The Bertz CT molecular complexity index is 238. The summed E-state index contributed by atoms with van der Waals surface area (Å²) < 4.78 is 0. The highest BCUT2D eigenvalue weighted by Gasteiger charge is 2.04. The fraction of sp³-hybridized carbons (Fsp3) is 0.727. The number of carbonyl (C=O) groups excluding carboxylic acids is 1. The molecular weight excluding hydrogens is 244 g/mol. The summed E-state index contributed by atoms with van der Waals surface area (Å²) in [5, 5.41) is 14.8. The Morgan fingerprint density at radius 3 is 1.89 bits per heavy atom. The smallest absolute Gasteiger partial charge is 0.414 e. The first-order valence-corrected chi connectivity index (χ1v) is 5.74. The van der Waals surface area contributed by atoms with E-state index in [1.54, 1.807) is 6.92 Å². The van der Waals surface area contributed by atoms with Crippen LogP contribution < -0.4 is 0 Å². The van der Waals surface area contributed by atoms with Crippen LogP contribution in [0.25, 0.3) is 0 Å². The van der Waals surface area contributed by atoms with E-state index in [4.69, 9.17) is 19.8 Å². The molecule has 0 atom stereocenters. The van der Waals surface area contributed by atoms with Crippen LogP contribution in [0.4, 0.5) is 0 Å². The predicted octanol–water partition coefficient (Wildman–Crippen LogP) is 1.61. The summed E-state index contributed by atoms with van der Waals surface area (Å²) in [7, 11) is 0. The van der Waals surface area contributed by atoms with Gasteiger partial charge in [0.15, 0.2) is 0 Å². The summed E-state index contributed by atoms with van der Waals surface area (Å²) in [5.41, 5.74) is 0. The summed E-state index contributed by atoms with van der Waals surface area (Å²) in [6.45, 7) is 4.41. The topological polar surface area (TPSA) is 110 Å². The zero-order valence-electron chi connectivity index (χ0n) is 10.7. The number of carboxylic acids is 2. The van der Waals surface area contributed by atoms with Crippen molar-refractivity contribution in [3.8, 4) is 0 Å². The Labute approximate surface area is 106 Å². The highest BCUT2D eigenvalue weighted by Crippen LogP contribution is 1.99. The molecule has 0 aromatic rings. The summed E-state index contributed by atoms with van der Waals surface area (Å²) in [6.07, 6.45) is 4.89. The van der Waals surface area contributed by atoms with Gasteiger partial charge in [-0.05, 0) is 6.42 Å². The van der Waals surface area contributed by atoms with Crippen LogP contribution in [0.3, 0.4) is 0 Å². The molecule has 0 aliphatic carbocycles. The van der Waals surface area contributed by atoms with Crippen LogP contribution in [-0.4, -0.2) is 34.7 Å². The van der Waals surface area contributed by atoms with E-state index >= 15 is 0 Å². The van der Waals surface area contributed by atoms with Crippen molar-refractivity contribution in [2.75, 3.05) is 6.61 Å². The molecule has 0 amide bonds. The molecule has 0 radical (unpaired) electrons. The van der Waals surface area contributed by atoms with Crippen LogP contribution in [0, 0.1) is 0 Å². The van der Waals surface area contributed by atoms with Crippen molar-refractivity contribution in [2.24, 2.45) is 0 Å². The van der Waals surface area contributed by atoms with E-state index in [0.717, 1.165) is 12.8 Å². The lowest BCUT2D eigenvalue weighted by molar-refractivity contribution is -0.272. The van der Waals surface area contributed by atoms with Crippen molar-refractivity contribution in [1.82, 2.24) is 0 Å². The van der Waals surface area contributed by atoms with Crippen molar-refractivity contribution in [3.63, 3.8) is 0 Å². The molecule has 0 rings (SSSR count). The summed E-state index contributed by atoms with van der Waals surface area (Å²) in [6, 6.07) is 0. The second-order valence-corrected chi connectivity index (χ2v) is 3.30. The number of carboxylic acid groups (broad SMARTS) is 2. The maximum Gasteiger partial charge on any atom is 0.414 e. The number of rotatable bonds is 7. The Balaban J connectivity index is 0. The fourth-order valence-corrected chi connectivity index (χ4v) is 0.754. The zero-order chi connectivity index (χ0) is 14.4. The first kappa shape index (κ1) is 18.7. The predicted molar refractivity (Wildman–Crippen MR) is 61.7 cm³/mol. The van der Waals surface area contributed by atoms with E-state index in [2.05, 4.69) is 16.7 Å². The molecule has 7 heteroatoms. The second-order valence-electron chi connectivity index (χ2n) is 3.30. The molecule has 0 spiro atoms. The average molecular weight is 264 g/mol. The standard InChI is InChI=1S/C9H18O3.C2H2O4/c1-3-5-6-7-8-11-12-9(10)4-2;3-1(4)2(5)6/h3-8H2,1-2H3;(H,3,4)(H,5,6). The van der Waals surface area contributed by atoms with Gasteiger partial charge in [0.2, 0.25) is 0 Å². The van der Waals surface area contributed by atoms with Gasteiger partial charge in [0.25, 0.3) is 0 Å². The van der Waals surface area contributed by atoms with E-state index in [1.807, 2.05) is 0 Å². The summed E-state index contributed by atoms with van der Waals surface area (Å²) >= 11 is 0. The molecule has 0 aromatic heterocycles. The Morgan fingerprint density at radius 2 is 1.50 bits per heavy atom. The van der Waals surface area contributed by atoms with Gasteiger partial charge in [-0.15, -0.1) is 0 Å². The van der Waals surface area contributed by atoms with E-state index in [1.165, 1.54) is 12.8 Å². The zero-order valence-corrected chi connectivity index (χ0v) is 10.7. The number of hydrogen-bond donors (Lipinski definition) is 2. The third-order valence-electron chi connectivity index (χ3n) is 1.70. The van der Waals surface area contributed by atoms with Crippen LogP contribution in [0.15, 0.2) is 0 Å². The number of carbonyl (C=O) groups is 3. The van der Waals surface area contributed by atoms with Gasteiger partial charge in [0, 0.05) is 6.42 Å². The Morgan fingerprint density at radius 1 is 0.944 bits per heavy atom. The van der Waals surface area contributed by atoms with Crippen LogP contribution >= 0.6 is 0 Å². The molecule has 0 heterocycles. The Kier molecular flexibility index (Phi) is 14.0. The number of hydrogen-bond acceptors (Lipinski definition) is 5. The van der Waals surface area contributed by atoms with Gasteiger partial charge in [-0.1, -0.05) is 33.1 Å². The van der Waals surface area contributed by atoms with Crippen molar-refractivity contribution >= 4 is 17.9 Å². The molecule has 2 N–H and O–H groups in total. The largest absolute Gasteiger partial charge is 0.473 e. The van der Waals surface area contributed by atoms with Crippen molar-refractivity contribution in [2.45, 2.75) is 46.0 Å². The average Bonchev–Trinajstić information content (AvgIpc) is 2.33. The fourth-order valence-electron chi connectivity index (χ4n) is 0.754. The van der Waals surface area contributed by atoms with Crippen LogP contribution in [0.5, 0.6) is 0 Å². The second kappa shape index (κ2) is 13.4. The van der Waals surface area contributed by atoms with Crippen LogP contribution in [0.2, 0.25) is 0 Å². The Hall–Kier alpha value is -1.63. The number of unbranched alkanes of at least 4 members (excludes halogenated alkanes) is 3. The lowest BCUT2D eigenvalue weighted by Crippen LogP contribution is -2.09. The monoisotopic (exact) mass is 264 g/mol. The molecular formula is C11H20O7. The van der Waals surface area contributed by atoms with E-state index in [9.17, 15) is 4.79 Å². The van der Waals surface area contributed by atoms with Crippen molar-refractivity contribution < 1.29 is 34.4 Å². The van der Waals surface area contributed by atoms with E-state index in [0.29, 0.717) is 13.0 Å². The van der Waals surface area contributed by atoms with Gasteiger partial charge in [-0.2, -0.15) is 4.89 Å². The third-order valence-corrected chi connectivity index (χ3v) is 1.70. The maximum atomic E-state index is 10.6. The lowest BCUT2D eigenvalue weighted by Gasteiger charge is -2.01. The van der Waals surface area contributed by atoms with Gasteiger partial charge in [0.1, 0.15) is 0 Å². The number of aliphatic carboxylic acids is 2. The van der Waals surface area contributed by atoms with Gasteiger partial charge >= 0.3 is 17.9 Å². The lowest BCUT2D eigenvalue weighted by atomic mass is 10.2. The minimum absolute atomic E-state index is 0.300. The molecule has 106 valence electrons. The van der Waals surface area contributed by atoms with Crippen molar-refractivity contribution in [3.05, 3.63) is 0 Å². The first-order valence-electron chi connectivity index (χ1n) is 5.74. The van der Waals surface area contributed by atoms with Gasteiger partial charge in [0.05, 0.1) is 6.61 Å². The molecule has 0 saturated carbocycles. The molecule has 0 aromatic carbocycles. The minimum Gasteiger partial charge on any atom is -0.473 e. The summed E-state index contributed by atoms with van der Waals surface area (Å²) in [4.78, 5) is 37.9. The summed E-state index contributed by atoms with van der Waals surface area (Å²) in [5.74, 6) is -3.95. The minimum atomic E-state index is -1.82. The third kappa shape index (κ3) is 16.8. The van der Waals surface area contributed by atoms with Gasteiger partial charge < -0.3 is 10.2 Å². The SMILES string of the molecule is CCCCCCOOC(=O)CC.O=C(O)C(=O)O. The van der Waals surface area contributed by atoms with Crippen LogP contribution in [-0.2, 0) is 24.2 Å². The highest BCUT2D eigenvalue weighted by molar-refractivity contribution is 6.27. The highest BCUT2D eigenvalue weighted by atomic mass is 17.2. The molecule has 0 fully saturated rings. The molecule has 0 unspecified atom stereocenters. The molecule has 18 heavy (non-hydrogen) atoms. The molecule has 0 aliphatic rings. The molecule has 0 saturated heterocycles. The normalized spacial score (nSPS) is 9.00. The van der Waals surface area contributed by atoms with E-state index in [-0.39, 0.29) is 5.97 Å². The molecule has 0 bridgehead atoms. The van der Waals surface area contributed by atoms with Crippen LogP contribution in [0.1, 0.15) is 46.0 Å². The molecule has 7 nitrogen and oxygen atoms in total.